The summed E-state index contributed by atoms with van der Waals surface area (Å²) in [6.07, 6.45) is 1.47. The summed E-state index contributed by atoms with van der Waals surface area (Å²) in [6, 6.07) is 4.64. The molecule has 1 aromatic carbocycles. The Kier molecular flexibility index (Phi) is 5.16. The largest absolute Gasteiger partial charge is 0.506 e. The minimum Gasteiger partial charge on any atom is -0.506 e. The van der Waals surface area contributed by atoms with E-state index in [1.807, 2.05) is 26.8 Å². The molecule has 0 aliphatic carbocycles. The van der Waals surface area contributed by atoms with Crippen molar-refractivity contribution in [3.63, 3.8) is 0 Å². The average molecular weight is 250 g/mol. The van der Waals surface area contributed by atoms with Crippen molar-refractivity contribution >= 4 is 11.6 Å². The van der Waals surface area contributed by atoms with Crippen molar-refractivity contribution in [1.29, 1.82) is 0 Å². The molecule has 0 saturated heterocycles. The van der Waals surface area contributed by atoms with Crippen molar-refractivity contribution in [2.24, 2.45) is 11.7 Å². The molecular weight excluding hydrogens is 228 g/mol. The molecule has 1 atom stereocenters. The molecule has 100 valence electrons. The van der Waals surface area contributed by atoms with E-state index >= 15 is 0 Å². The lowest BCUT2D eigenvalue weighted by atomic mass is 10.0. The Morgan fingerprint density at radius 3 is 2.67 bits per heavy atom. The first kappa shape index (κ1) is 14.5. The van der Waals surface area contributed by atoms with Crippen LogP contribution in [0.15, 0.2) is 18.2 Å². The number of hydrogen-bond acceptors (Lipinski definition) is 3. The van der Waals surface area contributed by atoms with Crippen molar-refractivity contribution in [1.82, 2.24) is 0 Å². The molecule has 1 rings (SSSR count). The molecular formula is C14H22N2O2. The van der Waals surface area contributed by atoms with Crippen LogP contribution in [0.4, 0.5) is 5.69 Å². The number of benzene rings is 1. The van der Waals surface area contributed by atoms with Crippen LogP contribution >= 0.6 is 0 Å². The lowest BCUT2D eigenvalue weighted by Gasteiger charge is -2.15. The standard InChI is InChI=1S/C14H22N2O2/c1-4-10-5-6-13(17)12(8-10)16-14(18)11(15)7-9(2)3/h5-6,8-9,11,17H,4,7,15H2,1-3H3,(H,16,18)/t11-/m0/s1. The van der Waals surface area contributed by atoms with Gasteiger partial charge in [0, 0.05) is 0 Å². The maximum Gasteiger partial charge on any atom is 0.241 e. The highest BCUT2D eigenvalue weighted by Gasteiger charge is 2.16. The number of carbonyl (C=O) groups excluding carboxylic acids is 1. The van der Waals surface area contributed by atoms with E-state index in [1.54, 1.807) is 12.1 Å². The predicted molar refractivity (Wildman–Crippen MR) is 73.5 cm³/mol. The van der Waals surface area contributed by atoms with Gasteiger partial charge in [-0.15, -0.1) is 0 Å². The van der Waals surface area contributed by atoms with Gasteiger partial charge in [-0.25, -0.2) is 0 Å². The van der Waals surface area contributed by atoms with E-state index in [9.17, 15) is 9.90 Å². The fourth-order valence-electron chi connectivity index (χ4n) is 1.74. The van der Waals surface area contributed by atoms with Gasteiger partial charge in [0.05, 0.1) is 11.7 Å². The second kappa shape index (κ2) is 6.40. The number of aromatic hydroxyl groups is 1. The first-order chi connectivity index (χ1) is 8.43. The lowest BCUT2D eigenvalue weighted by Crippen LogP contribution is -2.36. The van der Waals surface area contributed by atoms with Crippen LogP contribution < -0.4 is 11.1 Å². The number of hydrogen-bond donors (Lipinski definition) is 3. The summed E-state index contributed by atoms with van der Waals surface area (Å²) >= 11 is 0. The zero-order valence-electron chi connectivity index (χ0n) is 11.2. The van der Waals surface area contributed by atoms with E-state index in [0.717, 1.165) is 12.0 Å². The zero-order chi connectivity index (χ0) is 13.7. The number of nitrogens with one attached hydrogen (secondary N) is 1. The number of amides is 1. The first-order valence-corrected chi connectivity index (χ1v) is 6.32. The normalized spacial score (nSPS) is 12.5. The Morgan fingerprint density at radius 2 is 2.11 bits per heavy atom. The molecule has 0 unspecified atom stereocenters. The molecule has 0 heterocycles. The number of nitrogens with two attached hydrogens (primary N) is 1. The number of aryl methyl sites for hydroxylation is 1. The predicted octanol–water partition coefficient (Wildman–Crippen LogP) is 2.27. The summed E-state index contributed by atoms with van der Waals surface area (Å²) in [4.78, 5) is 11.9. The zero-order valence-corrected chi connectivity index (χ0v) is 11.2. The molecule has 0 spiro atoms. The summed E-state index contributed by atoms with van der Waals surface area (Å²) in [5.74, 6) is 0.172. The van der Waals surface area contributed by atoms with E-state index in [-0.39, 0.29) is 11.7 Å². The second-order valence-electron chi connectivity index (χ2n) is 4.93. The Balaban J connectivity index is 2.74. The van der Waals surface area contributed by atoms with Crippen molar-refractivity contribution in [3.8, 4) is 5.75 Å². The van der Waals surface area contributed by atoms with Crippen LogP contribution in [0.5, 0.6) is 5.75 Å². The Labute approximate surface area is 108 Å². The van der Waals surface area contributed by atoms with E-state index in [4.69, 9.17) is 5.73 Å². The summed E-state index contributed by atoms with van der Waals surface area (Å²) in [6.45, 7) is 6.05. The molecule has 4 N–H and O–H groups in total. The van der Waals surface area contributed by atoms with Gasteiger partial charge in [0.25, 0.3) is 0 Å². The van der Waals surface area contributed by atoms with Crippen molar-refractivity contribution in [2.45, 2.75) is 39.7 Å². The fourth-order valence-corrected chi connectivity index (χ4v) is 1.74. The minimum absolute atomic E-state index is 0.0669. The maximum atomic E-state index is 11.9. The maximum absolute atomic E-state index is 11.9. The van der Waals surface area contributed by atoms with E-state index in [1.165, 1.54) is 0 Å². The third kappa shape index (κ3) is 4.04. The molecule has 4 nitrogen and oxygen atoms in total. The summed E-state index contributed by atoms with van der Waals surface area (Å²) in [7, 11) is 0. The van der Waals surface area contributed by atoms with Crippen molar-refractivity contribution < 1.29 is 9.90 Å². The third-order valence-electron chi connectivity index (χ3n) is 2.79. The van der Waals surface area contributed by atoms with Crippen molar-refractivity contribution in [2.75, 3.05) is 5.32 Å². The van der Waals surface area contributed by atoms with Gasteiger partial charge < -0.3 is 16.2 Å². The topological polar surface area (TPSA) is 75.3 Å². The van der Waals surface area contributed by atoms with Crippen LogP contribution in [-0.2, 0) is 11.2 Å². The highest BCUT2D eigenvalue weighted by atomic mass is 16.3. The van der Waals surface area contributed by atoms with E-state index < -0.39 is 6.04 Å². The molecule has 18 heavy (non-hydrogen) atoms. The Bertz CT molecular complexity index is 416. The molecule has 0 fully saturated rings. The highest BCUT2D eigenvalue weighted by Crippen LogP contribution is 2.24. The first-order valence-electron chi connectivity index (χ1n) is 6.32. The average Bonchev–Trinajstić information content (AvgIpc) is 2.31. The summed E-state index contributed by atoms with van der Waals surface area (Å²) < 4.78 is 0. The number of carbonyl (C=O) groups is 1. The number of phenolic OH excluding ortho intramolecular Hbond substituents is 1. The Morgan fingerprint density at radius 1 is 1.44 bits per heavy atom. The monoisotopic (exact) mass is 250 g/mol. The molecule has 0 saturated carbocycles. The van der Waals surface area contributed by atoms with Gasteiger partial charge in [0.2, 0.25) is 5.91 Å². The van der Waals surface area contributed by atoms with Gasteiger partial charge in [-0.1, -0.05) is 26.8 Å². The van der Waals surface area contributed by atoms with Crippen molar-refractivity contribution in [3.05, 3.63) is 23.8 Å². The smallest absolute Gasteiger partial charge is 0.241 e. The van der Waals surface area contributed by atoms with Crippen LogP contribution in [-0.4, -0.2) is 17.1 Å². The minimum atomic E-state index is -0.547. The van der Waals surface area contributed by atoms with Gasteiger partial charge in [-0.3, -0.25) is 4.79 Å². The lowest BCUT2D eigenvalue weighted by molar-refractivity contribution is -0.117. The highest BCUT2D eigenvalue weighted by molar-refractivity contribution is 5.95. The van der Waals surface area contributed by atoms with Crippen LogP contribution in [0.1, 0.15) is 32.8 Å². The van der Waals surface area contributed by atoms with E-state index in [0.29, 0.717) is 18.0 Å². The van der Waals surface area contributed by atoms with Crippen LogP contribution in [0.25, 0.3) is 0 Å². The molecule has 1 amide bonds. The number of rotatable bonds is 5. The van der Waals surface area contributed by atoms with Gasteiger partial charge in [-0.05, 0) is 36.5 Å². The molecule has 1 aromatic rings. The molecule has 0 bridgehead atoms. The van der Waals surface area contributed by atoms with Crippen LogP contribution in [0, 0.1) is 5.92 Å². The van der Waals surface area contributed by atoms with Gasteiger partial charge in [-0.2, -0.15) is 0 Å². The van der Waals surface area contributed by atoms with Gasteiger partial charge in [0.1, 0.15) is 5.75 Å². The Hall–Kier alpha value is -1.55. The number of anilines is 1. The molecule has 0 aliphatic heterocycles. The summed E-state index contributed by atoms with van der Waals surface area (Å²) in [5, 5.41) is 12.4. The second-order valence-corrected chi connectivity index (χ2v) is 4.93. The molecule has 4 heteroatoms. The van der Waals surface area contributed by atoms with Crippen LogP contribution in [0.2, 0.25) is 0 Å². The third-order valence-corrected chi connectivity index (χ3v) is 2.79. The SMILES string of the molecule is CCc1ccc(O)c(NC(=O)[C@@H](N)CC(C)C)c1. The van der Waals surface area contributed by atoms with Crippen LogP contribution in [0.3, 0.4) is 0 Å². The fraction of sp³-hybridized carbons (Fsp3) is 0.500. The molecule has 0 aliphatic rings. The number of phenols is 1. The quantitative estimate of drug-likeness (QED) is 0.702. The molecule has 0 aromatic heterocycles. The van der Waals surface area contributed by atoms with Gasteiger partial charge in [0.15, 0.2) is 0 Å². The van der Waals surface area contributed by atoms with E-state index in [2.05, 4.69) is 5.32 Å². The molecule has 0 radical (unpaired) electrons. The summed E-state index contributed by atoms with van der Waals surface area (Å²) in [5.41, 5.74) is 7.28. The van der Waals surface area contributed by atoms with Gasteiger partial charge >= 0.3 is 0 Å².